The van der Waals surface area contributed by atoms with Crippen molar-refractivity contribution in [2.45, 2.75) is 70.6 Å². The summed E-state index contributed by atoms with van der Waals surface area (Å²) in [5.74, 6) is 6.54. The van der Waals surface area contributed by atoms with E-state index in [9.17, 15) is 0 Å². The fourth-order valence-electron chi connectivity index (χ4n) is 3.57. The first-order valence-corrected chi connectivity index (χ1v) is 8.06. The zero-order chi connectivity index (χ0) is 15.5. The molecule has 120 valence electrons. The fourth-order valence-corrected chi connectivity index (χ4v) is 3.57. The molecule has 0 radical (unpaired) electrons. The summed E-state index contributed by atoms with van der Waals surface area (Å²) in [6.45, 7) is 6.57. The lowest BCUT2D eigenvalue weighted by molar-refractivity contribution is -0.0793. The van der Waals surface area contributed by atoms with Gasteiger partial charge in [0.25, 0.3) is 0 Å². The molecule has 2 rings (SSSR count). The van der Waals surface area contributed by atoms with Crippen molar-refractivity contribution in [1.29, 1.82) is 0 Å². The average Bonchev–Trinajstić information content (AvgIpc) is 2.93. The molecular weight excluding hydrogens is 264 g/mol. The standard InChI is InChI=1S/C16H30N4O/c1-12(2)20-9-7-14(19-20)10-15(18-17)16(21-4)8-5-6-13(3)11-16/h7,9,12-13,15,18H,5-6,8,10-11,17H2,1-4H3. The van der Waals surface area contributed by atoms with Gasteiger partial charge < -0.3 is 4.74 Å². The largest absolute Gasteiger partial charge is 0.377 e. The quantitative estimate of drug-likeness (QED) is 0.625. The number of ether oxygens (including phenoxy) is 1. The van der Waals surface area contributed by atoms with Crippen LogP contribution in [-0.4, -0.2) is 28.5 Å². The van der Waals surface area contributed by atoms with Crippen LogP contribution in [0.3, 0.4) is 0 Å². The number of hydrogen-bond donors (Lipinski definition) is 2. The van der Waals surface area contributed by atoms with Gasteiger partial charge in [0.15, 0.2) is 0 Å². The van der Waals surface area contributed by atoms with Gasteiger partial charge >= 0.3 is 0 Å². The van der Waals surface area contributed by atoms with Crippen LogP contribution in [0.2, 0.25) is 0 Å². The normalized spacial score (nSPS) is 28.0. The molecule has 3 N–H and O–H groups in total. The molecule has 21 heavy (non-hydrogen) atoms. The lowest BCUT2D eigenvalue weighted by atomic mass is 9.73. The maximum absolute atomic E-state index is 5.95. The van der Waals surface area contributed by atoms with Crippen molar-refractivity contribution in [1.82, 2.24) is 15.2 Å². The topological polar surface area (TPSA) is 65.1 Å². The molecule has 1 fully saturated rings. The Morgan fingerprint density at radius 2 is 2.33 bits per heavy atom. The second-order valence-electron chi connectivity index (χ2n) is 6.77. The van der Waals surface area contributed by atoms with Crippen molar-refractivity contribution in [3.8, 4) is 0 Å². The number of methoxy groups -OCH3 is 1. The number of nitrogens with one attached hydrogen (secondary N) is 1. The van der Waals surface area contributed by atoms with E-state index < -0.39 is 0 Å². The first kappa shape index (κ1) is 16.5. The summed E-state index contributed by atoms with van der Waals surface area (Å²) in [7, 11) is 1.81. The van der Waals surface area contributed by atoms with Crippen molar-refractivity contribution >= 4 is 0 Å². The Morgan fingerprint density at radius 1 is 1.57 bits per heavy atom. The summed E-state index contributed by atoms with van der Waals surface area (Å²) in [6, 6.07) is 2.56. The van der Waals surface area contributed by atoms with Gasteiger partial charge in [-0.15, -0.1) is 0 Å². The number of aromatic nitrogens is 2. The SMILES string of the molecule is COC1(C(Cc2ccn(C(C)C)n2)NN)CCCC(C)C1. The molecule has 0 saturated heterocycles. The second kappa shape index (κ2) is 6.90. The average molecular weight is 294 g/mol. The molecule has 1 heterocycles. The molecule has 3 unspecified atom stereocenters. The van der Waals surface area contributed by atoms with E-state index in [1.54, 1.807) is 0 Å². The molecule has 0 aliphatic heterocycles. The Bertz CT molecular complexity index is 445. The van der Waals surface area contributed by atoms with E-state index in [-0.39, 0.29) is 11.6 Å². The van der Waals surface area contributed by atoms with E-state index in [1.807, 2.05) is 18.0 Å². The Labute approximate surface area is 128 Å². The molecule has 1 aromatic rings. The fraction of sp³-hybridized carbons (Fsp3) is 0.812. The van der Waals surface area contributed by atoms with Crippen LogP contribution in [0.5, 0.6) is 0 Å². The first-order valence-electron chi connectivity index (χ1n) is 8.06. The number of nitrogens with zero attached hydrogens (tertiary/aromatic N) is 2. The van der Waals surface area contributed by atoms with E-state index >= 15 is 0 Å². The molecule has 1 aliphatic carbocycles. The predicted octanol–water partition coefficient (Wildman–Crippen LogP) is 2.43. The minimum atomic E-state index is -0.173. The van der Waals surface area contributed by atoms with Crippen molar-refractivity contribution in [3.05, 3.63) is 18.0 Å². The number of hydrogen-bond acceptors (Lipinski definition) is 4. The minimum Gasteiger partial charge on any atom is -0.377 e. The molecule has 5 heteroatoms. The van der Waals surface area contributed by atoms with Gasteiger partial charge in [-0.05, 0) is 38.7 Å². The van der Waals surface area contributed by atoms with Crippen LogP contribution in [0.15, 0.2) is 12.3 Å². The maximum atomic E-state index is 5.95. The Morgan fingerprint density at radius 3 is 2.86 bits per heavy atom. The van der Waals surface area contributed by atoms with Crippen molar-refractivity contribution < 1.29 is 4.74 Å². The van der Waals surface area contributed by atoms with Crippen LogP contribution in [0, 0.1) is 5.92 Å². The summed E-state index contributed by atoms with van der Waals surface area (Å²) in [5.41, 5.74) is 3.89. The molecule has 1 aromatic heterocycles. The molecule has 5 nitrogen and oxygen atoms in total. The monoisotopic (exact) mass is 294 g/mol. The van der Waals surface area contributed by atoms with Crippen molar-refractivity contribution in [3.63, 3.8) is 0 Å². The summed E-state index contributed by atoms with van der Waals surface area (Å²) in [5, 5.41) is 4.64. The smallest absolute Gasteiger partial charge is 0.0850 e. The van der Waals surface area contributed by atoms with Gasteiger partial charge in [0, 0.05) is 25.8 Å². The lowest BCUT2D eigenvalue weighted by Gasteiger charge is -2.44. The summed E-state index contributed by atoms with van der Waals surface area (Å²) >= 11 is 0. The Hall–Kier alpha value is -0.910. The zero-order valence-electron chi connectivity index (χ0n) is 13.8. The Balaban J connectivity index is 2.13. The van der Waals surface area contributed by atoms with Gasteiger partial charge in [0.2, 0.25) is 0 Å². The second-order valence-corrected chi connectivity index (χ2v) is 6.77. The van der Waals surface area contributed by atoms with E-state index in [4.69, 9.17) is 10.6 Å². The number of nitrogens with two attached hydrogens (primary N) is 1. The van der Waals surface area contributed by atoms with E-state index in [1.165, 1.54) is 12.8 Å². The predicted molar refractivity (Wildman–Crippen MR) is 84.8 cm³/mol. The van der Waals surface area contributed by atoms with Crippen LogP contribution in [0.1, 0.15) is 58.2 Å². The van der Waals surface area contributed by atoms with Crippen LogP contribution < -0.4 is 11.3 Å². The molecule has 1 aliphatic rings. The molecule has 0 amide bonds. The molecule has 3 atom stereocenters. The summed E-state index contributed by atoms with van der Waals surface area (Å²) < 4.78 is 7.94. The zero-order valence-corrected chi connectivity index (χ0v) is 13.8. The molecule has 0 aromatic carbocycles. The highest BCUT2D eigenvalue weighted by atomic mass is 16.5. The van der Waals surface area contributed by atoms with Gasteiger partial charge in [-0.25, -0.2) is 0 Å². The number of hydrazine groups is 1. The Kier molecular flexibility index (Phi) is 5.41. The number of rotatable bonds is 6. The first-order chi connectivity index (χ1) is 10.0. The third-order valence-electron chi connectivity index (χ3n) is 4.84. The molecular formula is C16H30N4O. The van der Waals surface area contributed by atoms with Gasteiger partial charge in [0.1, 0.15) is 0 Å². The van der Waals surface area contributed by atoms with Crippen LogP contribution in [0.25, 0.3) is 0 Å². The minimum absolute atomic E-state index is 0.0979. The molecule has 0 bridgehead atoms. The maximum Gasteiger partial charge on any atom is 0.0850 e. The van der Waals surface area contributed by atoms with Gasteiger partial charge in [-0.2, -0.15) is 5.10 Å². The van der Waals surface area contributed by atoms with E-state index in [2.05, 4.69) is 37.4 Å². The highest BCUT2D eigenvalue weighted by Crippen LogP contribution is 2.38. The van der Waals surface area contributed by atoms with Gasteiger partial charge in [0.05, 0.1) is 17.3 Å². The van der Waals surface area contributed by atoms with Crippen LogP contribution in [0.4, 0.5) is 0 Å². The van der Waals surface area contributed by atoms with E-state index in [0.717, 1.165) is 25.0 Å². The highest BCUT2D eigenvalue weighted by molar-refractivity contribution is 5.07. The summed E-state index contributed by atoms with van der Waals surface area (Å²) in [6.07, 6.45) is 7.45. The van der Waals surface area contributed by atoms with Crippen molar-refractivity contribution in [2.75, 3.05) is 7.11 Å². The van der Waals surface area contributed by atoms with Crippen LogP contribution in [-0.2, 0) is 11.2 Å². The third kappa shape index (κ3) is 3.65. The molecule has 1 saturated carbocycles. The van der Waals surface area contributed by atoms with Gasteiger partial charge in [-0.1, -0.05) is 19.8 Å². The van der Waals surface area contributed by atoms with Gasteiger partial charge in [-0.3, -0.25) is 16.0 Å². The molecule has 0 spiro atoms. The third-order valence-corrected chi connectivity index (χ3v) is 4.84. The van der Waals surface area contributed by atoms with E-state index in [0.29, 0.717) is 12.0 Å². The summed E-state index contributed by atoms with van der Waals surface area (Å²) in [4.78, 5) is 0. The van der Waals surface area contributed by atoms with Crippen molar-refractivity contribution in [2.24, 2.45) is 11.8 Å². The van der Waals surface area contributed by atoms with Crippen LogP contribution >= 0.6 is 0 Å². The lowest BCUT2D eigenvalue weighted by Crippen LogP contribution is -2.57. The highest BCUT2D eigenvalue weighted by Gasteiger charge is 2.42.